The minimum Gasteiger partial charge on any atom is -0.368 e. The molecule has 0 heterocycles. The lowest BCUT2D eigenvalue weighted by Gasteiger charge is -2.31. The topological polar surface area (TPSA) is 55.6 Å². The largest absolute Gasteiger partial charge is 0.368 e. The average Bonchev–Trinajstić information content (AvgIpc) is 2.73. The third kappa shape index (κ3) is 4.97. The van der Waals surface area contributed by atoms with Gasteiger partial charge in [-0.15, -0.1) is 0 Å². The number of amides is 1. The number of rotatable bonds is 9. The predicted octanol–water partition coefficient (Wildman–Crippen LogP) is 4.12. The molecule has 0 aliphatic heterocycles. The maximum absolute atomic E-state index is 11.4. The lowest BCUT2D eigenvalue weighted by Crippen LogP contribution is -2.30. The molecule has 0 unspecified atom stereocenters. The fourth-order valence-electron chi connectivity index (χ4n) is 3.54. The molecule has 0 aliphatic rings. The fourth-order valence-corrected chi connectivity index (χ4v) is 3.54. The van der Waals surface area contributed by atoms with Gasteiger partial charge < -0.3 is 15.4 Å². The van der Waals surface area contributed by atoms with Crippen molar-refractivity contribution in [3.8, 4) is 0 Å². The SMILES string of the molecule is CCN(C)C[C@H](c1ccc2ccccc2c1)[C@H](OCC(N)=O)c1ccccc1. The maximum atomic E-state index is 11.4. The quantitative estimate of drug-likeness (QED) is 0.611. The highest BCUT2D eigenvalue weighted by Crippen LogP contribution is 2.36. The molecule has 146 valence electrons. The second-order valence-corrected chi connectivity index (χ2v) is 7.18. The second-order valence-electron chi connectivity index (χ2n) is 7.18. The van der Waals surface area contributed by atoms with Gasteiger partial charge >= 0.3 is 0 Å². The van der Waals surface area contributed by atoms with Crippen molar-refractivity contribution >= 4 is 16.7 Å². The van der Waals surface area contributed by atoms with E-state index in [2.05, 4.69) is 55.3 Å². The summed E-state index contributed by atoms with van der Waals surface area (Å²) >= 11 is 0. The Bertz CT molecular complexity index is 911. The van der Waals surface area contributed by atoms with E-state index in [9.17, 15) is 4.79 Å². The summed E-state index contributed by atoms with van der Waals surface area (Å²) in [6.07, 6.45) is -0.260. The lowest BCUT2D eigenvalue weighted by molar-refractivity contribution is -0.125. The minimum atomic E-state index is -0.456. The van der Waals surface area contributed by atoms with E-state index in [0.29, 0.717) is 0 Å². The number of nitrogens with two attached hydrogens (primary N) is 1. The molecule has 0 bridgehead atoms. The molecule has 1 amide bonds. The number of carbonyl (C=O) groups excluding carboxylic acids is 1. The molecule has 0 saturated heterocycles. The van der Waals surface area contributed by atoms with E-state index in [1.165, 1.54) is 16.3 Å². The van der Waals surface area contributed by atoms with Crippen LogP contribution in [-0.4, -0.2) is 37.6 Å². The first kappa shape index (κ1) is 20.1. The predicted molar refractivity (Wildman–Crippen MR) is 114 cm³/mol. The van der Waals surface area contributed by atoms with Crippen LogP contribution in [0.15, 0.2) is 72.8 Å². The van der Waals surface area contributed by atoms with Crippen LogP contribution >= 0.6 is 0 Å². The Morgan fingerprint density at radius 2 is 1.64 bits per heavy atom. The third-order valence-electron chi connectivity index (χ3n) is 5.15. The van der Waals surface area contributed by atoms with Gasteiger partial charge in [-0.1, -0.05) is 79.7 Å². The van der Waals surface area contributed by atoms with Gasteiger partial charge in [-0.25, -0.2) is 0 Å². The molecule has 3 aromatic carbocycles. The molecule has 0 radical (unpaired) electrons. The monoisotopic (exact) mass is 376 g/mol. The van der Waals surface area contributed by atoms with E-state index >= 15 is 0 Å². The molecule has 3 rings (SSSR count). The lowest BCUT2D eigenvalue weighted by atomic mass is 9.87. The van der Waals surface area contributed by atoms with E-state index < -0.39 is 5.91 Å². The highest BCUT2D eigenvalue weighted by Gasteiger charge is 2.27. The number of carbonyl (C=O) groups is 1. The number of ether oxygens (including phenoxy) is 1. The van der Waals surface area contributed by atoms with Crippen molar-refractivity contribution in [1.29, 1.82) is 0 Å². The van der Waals surface area contributed by atoms with Crippen LogP contribution in [0.3, 0.4) is 0 Å². The number of fused-ring (bicyclic) bond motifs is 1. The van der Waals surface area contributed by atoms with Crippen LogP contribution in [0.2, 0.25) is 0 Å². The normalized spacial score (nSPS) is 13.5. The van der Waals surface area contributed by atoms with Crippen LogP contribution in [0.25, 0.3) is 10.8 Å². The number of likely N-dealkylation sites (N-methyl/N-ethyl adjacent to an activating group) is 1. The summed E-state index contributed by atoms with van der Waals surface area (Å²) < 4.78 is 6.06. The molecule has 0 spiro atoms. The maximum Gasteiger partial charge on any atom is 0.243 e. The van der Waals surface area contributed by atoms with E-state index in [1.54, 1.807) is 0 Å². The highest BCUT2D eigenvalue weighted by molar-refractivity contribution is 5.83. The van der Waals surface area contributed by atoms with Crippen molar-refractivity contribution in [2.75, 3.05) is 26.7 Å². The highest BCUT2D eigenvalue weighted by atomic mass is 16.5. The number of nitrogens with zero attached hydrogens (tertiary/aromatic N) is 1. The molecule has 4 heteroatoms. The van der Waals surface area contributed by atoms with Gasteiger partial charge in [0.05, 0.1) is 6.10 Å². The summed E-state index contributed by atoms with van der Waals surface area (Å²) in [7, 11) is 2.10. The second kappa shape index (κ2) is 9.49. The van der Waals surface area contributed by atoms with Crippen molar-refractivity contribution in [1.82, 2.24) is 4.90 Å². The van der Waals surface area contributed by atoms with Crippen molar-refractivity contribution in [2.45, 2.75) is 18.9 Å². The van der Waals surface area contributed by atoms with Crippen molar-refractivity contribution in [3.05, 3.63) is 83.9 Å². The zero-order valence-corrected chi connectivity index (χ0v) is 16.5. The Morgan fingerprint density at radius 1 is 0.964 bits per heavy atom. The van der Waals surface area contributed by atoms with Gasteiger partial charge in [0.25, 0.3) is 0 Å². The van der Waals surface area contributed by atoms with Gasteiger partial charge in [0.15, 0.2) is 0 Å². The van der Waals surface area contributed by atoms with Crippen LogP contribution in [-0.2, 0) is 9.53 Å². The molecule has 0 saturated carbocycles. The van der Waals surface area contributed by atoms with Gasteiger partial charge in [0, 0.05) is 12.5 Å². The van der Waals surface area contributed by atoms with Crippen LogP contribution < -0.4 is 5.73 Å². The summed E-state index contributed by atoms with van der Waals surface area (Å²) in [6, 6.07) is 25.0. The molecular weight excluding hydrogens is 348 g/mol. The van der Waals surface area contributed by atoms with Crippen molar-refractivity contribution in [3.63, 3.8) is 0 Å². The molecule has 4 nitrogen and oxygen atoms in total. The number of primary amides is 1. The smallest absolute Gasteiger partial charge is 0.243 e. The van der Waals surface area contributed by atoms with Crippen LogP contribution in [0, 0.1) is 0 Å². The number of hydrogen-bond acceptors (Lipinski definition) is 3. The van der Waals surface area contributed by atoms with Crippen LogP contribution in [0.4, 0.5) is 0 Å². The van der Waals surface area contributed by atoms with Crippen molar-refractivity contribution < 1.29 is 9.53 Å². The molecular formula is C24H28N2O2. The fraction of sp³-hybridized carbons (Fsp3) is 0.292. The van der Waals surface area contributed by atoms with Crippen LogP contribution in [0.5, 0.6) is 0 Å². The first-order valence-corrected chi connectivity index (χ1v) is 9.70. The summed E-state index contributed by atoms with van der Waals surface area (Å²) in [5.41, 5.74) is 7.62. The Morgan fingerprint density at radius 3 is 2.32 bits per heavy atom. The zero-order chi connectivity index (χ0) is 19.9. The molecule has 3 aromatic rings. The molecule has 0 aliphatic carbocycles. The van der Waals surface area contributed by atoms with Gasteiger partial charge in [-0.05, 0) is 35.5 Å². The summed E-state index contributed by atoms with van der Waals surface area (Å²) in [4.78, 5) is 13.7. The van der Waals surface area contributed by atoms with E-state index in [1.807, 2.05) is 36.4 Å². The molecule has 0 aromatic heterocycles. The Balaban J connectivity index is 2.04. The van der Waals surface area contributed by atoms with Gasteiger partial charge in [0.1, 0.15) is 6.61 Å². The number of benzene rings is 3. The first-order valence-electron chi connectivity index (χ1n) is 9.70. The van der Waals surface area contributed by atoms with Gasteiger partial charge in [-0.2, -0.15) is 0 Å². The van der Waals surface area contributed by atoms with Crippen LogP contribution in [0.1, 0.15) is 30.1 Å². The Labute approximate surface area is 166 Å². The summed E-state index contributed by atoms with van der Waals surface area (Å²) in [5.74, 6) is -0.390. The average molecular weight is 377 g/mol. The Hall–Kier alpha value is -2.69. The van der Waals surface area contributed by atoms with E-state index in [4.69, 9.17) is 10.5 Å². The standard InChI is InChI=1S/C24H28N2O2/c1-3-26(2)16-22(21-14-13-18-9-7-8-12-20(18)15-21)24(28-17-23(25)27)19-10-5-4-6-11-19/h4-15,22,24H,3,16-17H2,1-2H3,(H2,25,27)/t22-,24-/m1/s1. The third-order valence-corrected chi connectivity index (χ3v) is 5.15. The summed E-state index contributed by atoms with van der Waals surface area (Å²) in [5, 5.41) is 2.41. The molecule has 0 fully saturated rings. The molecule has 2 atom stereocenters. The Kier molecular flexibility index (Phi) is 6.80. The van der Waals surface area contributed by atoms with Crippen molar-refractivity contribution in [2.24, 2.45) is 5.73 Å². The first-order chi connectivity index (χ1) is 13.6. The molecule has 2 N–H and O–H groups in total. The molecule has 28 heavy (non-hydrogen) atoms. The number of hydrogen-bond donors (Lipinski definition) is 1. The zero-order valence-electron chi connectivity index (χ0n) is 16.5. The van der Waals surface area contributed by atoms with E-state index in [-0.39, 0.29) is 18.6 Å². The summed E-state index contributed by atoms with van der Waals surface area (Å²) in [6.45, 7) is 3.79. The van der Waals surface area contributed by atoms with Gasteiger partial charge in [0.2, 0.25) is 5.91 Å². The minimum absolute atomic E-state index is 0.0660. The van der Waals surface area contributed by atoms with E-state index in [0.717, 1.165) is 18.7 Å². The van der Waals surface area contributed by atoms with Gasteiger partial charge in [-0.3, -0.25) is 4.79 Å².